The van der Waals surface area contributed by atoms with Gasteiger partial charge in [-0.25, -0.2) is 0 Å². The molecule has 0 N–H and O–H groups in total. The lowest BCUT2D eigenvalue weighted by Crippen LogP contribution is -2.32. The molecule has 7 heteroatoms. The summed E-state index contributed by atoms with van der Waals surface area (Å²) in [6, 6.07) is 14.5. The molecule has 2 aromatic carbocycles. The van der Waals surface area contributed by atoms with E-state index in [2.05, 4.69) is 35.7 Å². The minimum absolute atomic E-state index is 0.0447. The van der Waals surface area contributed by atoms with E-state index in [-0.39, 0.29) is 16.9 Å². The highest BCUT2D eigenvalue weighted by Crippen LogP contribution is 2.39. The lowest BCUT2D eigenvalue weighted by Gasteiger charge is -2.16. The molecule has 7 nitrogen and oxygen atoms in total. The molecule has 3 rings (SSSR count). The van der Waals surface area contributed by atoms with E-state index in [0.29, 0.717) is 13.0 Å². The van der Waals surface area contributed by atoms with Crippen LogP contribution in [0.5, 0.6) is 0 Å². The molecule has 0 unspecified atom stereocenters. The van der Waals surface area contributed by atoms with Crippen molar-refractivity contribution < 1.29 is 14.3 Å². The number of nitro groups is 1. The molecule has 2 aromatic rings. The SMILES string of the molecule is CC(=O)CC[N+]1=C(/C=N/N(C)c2ccc([N+](=O)[O-])cc2)C(C)(C)c2ccccc21. The van der Waals surface area contributed by atoms with Crippen LogP contribution in [0.25, 0.3) is 0 Å². The number of nitro benzene ring substituents is 1. The largest absolute Gasteiger partial charge is 0.300 e. The second-order valence-electron chi connectivity index (χ2n) is 7.67. The Kier molecular flexibility index (Phi) is 5.59. The number of carbonyl (C=O) groups excluding carboxylic acids is 1. The van der Waals surface area contributed by atoms with Crippen molar-refractivity contribution in [2.45, 2.75) is 32.6 Å². The average molecular weight is 393 g/mol. The summed E-state index contributed by atoms with van der Waals surface area (Å²) < 4.78 is 2.16. The first kappa shape index (κ1) is 20.4. The van der Waals surface area contributed by atoms with Gasteiger partial charge < -0.3 is 0 Å². The van der Waals surface area contributed by atoms with Crippen molar-refractivity contribution in [2.24, 2.45) is 5.10 Å². The highest BCUT2D eigenvalue weighted by molar-refractivity contribution is 6.33. The number of hydrogen-bond donors (Lipinski definition) is 0. The van der Waals surface area contributed by atoms with Gasteiger partial charge in [-0.1, -0.05) is 18.2 Å². The highest BCUT2D eigenvalue weighted by Gasteiger charge is 2.44. The Morgan fingerprint density at radius 3 is 2.48 bits per heavy atom. The predicted octanol–water partition coefficient (Wildman–Crippen LogP) is 4.07. The Labute approximate surface area is 170 Å². The molecular weight excluding hydrogens is 368 g/mol. The number of ketones is 1. The molecule has 0 aromatic heterocycles. The second-order valence-corrected chi connectivity index (χ2v) is 7.67. The molecule has 0 spiro atoms. The Bertz CT molecular complexity index is 1010. The lowest BCUT2D eigenvalue weighted by atomic mass is 9.82. The molecule has 1 aliphatic heterocycles. The van der Waals surface area contributed by atoms with Crippen molar-refractivity contribution in [3.63, 3.8) is 0 Å². The Morgan fingerprint density at radius 1 is 1.21 bits per heavy atom. The molecule has 29 heavy (non-hydrogen) atoms. The first-order valence-electron chi connectivity index (χ1n) is 9.48. The van der Waals surface area contributed by atoms with Crippen LogP contribution in [0.2, 0.25) is 0 Å². The van der Waals surface area contributed by atoms with Crippen LogP contribution in [0.3, 0.4) is 0 Å². The first-order chi connectivity index (χ1) is 13.7. The monoisotopic (exact) mass is 393 g/mol. The minimum Gasteiger partial charge on any atom is -0.300 e. The van der Waals surface area contributed by atoms with Crippen molar-refractivity contribution in [3.8, 4) is 0 Å². The quantitative estimate of drug-likeness (QED) is 0.307. The van der Waals surface area contributed by atoms with Gasteiger partial charge in [0, 0.05) is 30.8 Å². The first-order valence-corrected chi connectivity index (χ1v) is 9.48. The summed E-state index contributed by atoms with van der Waals surface area (Å²) in [5.74, 6) is 0.145. The van der Waals surface area contributed by atoms with Gasteiger partial charge in [0.2, 0.25) is 11.4 Å². The maximum atomic E-state index is 11.6. The summed E-state index contributed by atoms with van der Waals surface area (Å²) in [4.78, 5) is 22.0. The molecule has 0 amide bonds. The molecule has 0 atom stereocenters. The third-order valence-electron chi connectivity index (χ3n) is 5.27. The maximum Gasteiger partial charge on any atom is 0.269 e. The summed E-state index contributed by atoms with van der Waals surface area (Å²) in [7, 11) is 1.80. The van der Waals surface area contributed by atoms with Gasteiger partial charge in [0.15, 0.2) is 6.54 Å². The van der Waals surface area contributed by atoms with E-state index < -0.39 is 4.92 Å². The number of benzene rings is 2. The normalized spacial score (nSPS) is 14.9. The maximum absolute atomic E-state index is 11.6. The molecule has 0 fully saturated rings. The lowest BCUT2D eigenvalue weighted by molar-refractivity contribution is -0.435. The highest BCUT2D eigenvalue weighted by atomic mass is 16.6. The molecule has 0 aliphatic carbocycles. The zero-order valence-electron chi connectivity index (χ0n) is 17.1. The molecule has 150 valence electrons. The van der Waals surface area contributed by atoms with E-state index in [0.717, 1.165) is 17.1 Å². The van der Waals surface area contributed by atoms with Crippen LogP contribution in [-0.2, 0) is 10.2 Å². The Balaban J connectivity index is 1.94. The van der Waals surface area contributed by atoms with E-state index in [4.69, 9.17) is 0 Å². The van der Waals surface area contributed by atoms with Crippen LogP contribution in [0, 0.1) is 10.1 Å². The fourth-order valence-electron chi connectivity index (χ4n) is 3.58. The molecule has 0 radical (unpaired) electrons. The average Bonchev–Trinajstić information content (AvgIpc) is 2.91. The number of para-hydroxylation sites is 1. The van der Waals surface area contributed by atoms with Crippen molar-refractivity contribution in [2.75, 3.05) is 18.6 Å². The van der Waals surface area contributed by atoms with E-state index in [1.54, 1.807) is 31.1 Å². The molecule has 1 heterocycles. The summed E-state index contributed by atoms with van der Waals surface area (Å²) in [5.41, 5.74) is 3.84. The van der Waals surface area contributed by atoms with E-state index in [1.807, 2.05) is 18.3 Å². The van der Waals surface area contributed by atoms with E-state index in [1.165, 1.54) is 17.7 Å². The predicted molar refractivity (Wildman–Crippen MR) is 115 cm³/mol. The number of carbonyl (C=O) groups is 1. The van der Waals surface area contributed by atoms with Crippen LogP contribution in [0.4, 0.5) is 17.1 Å². The fourth-order valence-corrected chi connectivity index (χ4v) is 3.58. The molecule has 0 saturated heterocycles. The molecule has 1 aliphatic rings. The number of nitrogens with zero attached hydrogens (tertiary/aromatic N) is 4. The van der Waals surface area contributed by atoms with Gasteiger partial charge in [0.1, 0.15) is 12.0 Å². The number of anilines is 1. The smallest absolute Gasteiger partial charge is 0.269 e. The van der Waals surface area contributed by atoms with Gasteiger partial charge in [-0.3, -0.25) is 19.9 Å². The van der Waals surface area contributed by atoms with Crippen LogP contribution in [0.15, 0.2) is 53.6 Å². The summed E-state index contributed by atoms with van der Waals surface area (Å²) in [6.45, 7) is 6.49. The van der Waals surface area contributed by atoms with Crippen LogP contribution < -0.4 is 5.01 Å². The van der Waals surface area contributed by atoms with Gasteiger partial charge in [0.25, 0.3) is 5.69 Å². The summed E-state index contributed by atoms with van der Waals surface area (Å²) in [5, 5.41) is 17.1. The molecular formula is C22H25N4O3+. The van der Waals surface area contributed by atoms with E-state index in [9.17, 15) is 14.9 Å². The third kappa shape index (κ3) is 4.08. The number of non-ortho nitro benzene ring substituents is 1. The Hall–Kier alpha value is -3.35. The number of Topliss-reactive ketones (excluding diaryl/α,β-unsaturated/α-hetero) is 1. The third-order valence-corrected chi connectivity index (χ3v) is 5.27. The molecule has 0 bridgehead atoms. The van der Waals surface area contributed by atoms with Crippen molar-refractivity contribution in [3.05, 3.63) is 64.2 Å². The van der Waals surface area contributed by atoms with Crippen LogP contribution >= 0.6 is 0 Å². The van der Waals surface area contributed by atoms with Gasteiger partial charge in [-0.15, -0.1) is 0 Å². The number of rotatable bonds is 7. The second kappa shape index (κ2) is 7.95. The number of fused-ring (bicyclic) bond motifs is 1. The van der Waals surface area contributed by atoms with Crippen LogP contribution in [-0.4, -0.2) is 40.8 Å². The topological polar surface area (TPSA) is 78.8 Å². The standard InChI is InChI=1S/C22H25N4O3/c1-16(27)13-14-25-20-8-6-5-7-19(20)22(2,3)21(25)15-23-24(4)17-9-11-18(12-10-17)26(28)29/h5-12,15H,13-14H2,1-4H3/q+1. The van der Waals surface area contributed by atoms with Crippen molar-refractivity contribution >= 4 is 34.8 Å². The van der Waals surface area contributed by atoms with Gasteiger partial charge >= 0.3 is 0 Å². The Morgan fingerprint density at radius 2 is 1.86 bits per heavy atom. The summed E-state index contributed by atoms with van der Waals surface area (Å²) >= 11 is 0. The zero-order valence-corrected chi connectivity index (χ0v) is 17.1. The van der Waals surface area contributed by atoms with Crippen molar-refractivity contribution in [1.82, 2.24) is 0 Å². The van der Waals surface area contributed by atoms with Gasteiger partial charge in [-0.2, -0.15) is 9.68 Å². The number of hydrazone groups is 1. The minimum atomic E-state index is -0.423. The van der Waals surface area contributed by atoms with E-state index >= 15 is 0 Å². The van der Waals surface area contributed by atoms with Gasteiger partial charge in [-0.05, 0) is 32.9 Å². The van der Waals surface area contributed by atoms with Crippen molar-refractivity contribution in [1.29, 1.82) is 0 Å². The zero-order chi connectivity index (χ0) is 21.2. The summed E-state index contributed by atoms with van der Waals surface area (Å²) in [6.07, 6.45) is 2.28. The molecule has 0 saturated carbocycles. The number of hydrogen-bond acceptors (Lipinski definition) is 5. The van der Waals surface area contributed by atoms with Crippen LogP contribution in [0.1, 0.15) is 32.8 Å². The fraction of sp³-hybridized carbons (Fsp3) is 0.318. The van der Waals surface area contributed by atoms with Gasteiger partial charge in [0.05, 0.1) is 22.4 Å².